The van der Waals surface area contributed by atoms with Crippen LogP contribution in [-0.4, -0.2) is 74.4 Å². The van der Waals surface area contributed by atoms with Crippen LogP contribution in [0.3, 0.4) is 0 Å². The number of likely N-dealkylation sites (N-methyl/N-ethyl adjacent to an activating group) is 1. The monoisotopic (exact) mass is 323 g/mol. The van der Waals surface area contributed by atoms with E-state index in [1.54, 1.807) is 26.0 Å². The fourth-order valence-corrected chi connectivity index (χ4v) is 2.64. The summed E-state index contributed by atoms with van der Waals surface area (Å²) in [6, 6.07) is 0.506. The van der Waals surface area contributed by atoms with Gasteiger partial charge in [0.2, 0.25) is 11.8 Å². The van der Waals surface area contributed by atoms with Gasteiger partial charge in [-0.1, -0.05) is 0 Å². The highest BCUT2D eigenvalue weighted by Crippen LogP contribution is 2.23. The van der Waals surface area contributed by atoms with Gasteiger partial charge in [0.25, 0.3) is 0 Å². The molecule has 1 heterocycles. The smallest absolute Gasteiger partial charge is 0.243 e. The molecule has 7 nitrogen and oxygen atoms in total. The van der Waals surface area contributed by atoms with E-state index in [0.717, 1.165) is 31.9 Å². The Hall–Kier alpha value is -1.79. The van der Waals surface area contributed by atoms with Gasteiger partial charge in [0.15, 0.2) is 5.96 Å². The lowest BCUT2D eigenvalue weighted by Gasteiger charge is -2.34. The number of nitrogens with one attached hydrogen (secondary N) is 2. The number of aliphatic imine (C=N–C) groups is 1. The summed E-state index contributed by atoms with van der Waals surface area (Å²) < 4.78 is 0. The molecule has 2 aliphatic rings. The van der Waals surface area contributed by atoms with Gasteiger partial charge in [-0.05, 0) is 31.6 Å². The molecule has 1 saturated heterocycles. The van der Waals surface area contributed by atoms with Crippen molar-refractivity contribution in [1.29, 1.82) is 0 Å². The second-order valence-corrected chi connectivity index (χ2v) is 6.65. The van der Waals surface area contributed by atoms with Crippen molar-refractivity contribution < 1.29 is 9.59 Å². The van der Waals surface area contributed by atoms with Crippen molar-refractivity contribution >= 4 is 17.8 Å². The maximum Gasteiger partial charge on any atom is 0.243 e. The van der Waals surface area contributed by atoms with Crippen molar-refractivity contribution in [1.82, 2.24) is 20.4 Å². The molecule has 2 rings (SSSR count). The number of rotatable bonds is 5. The molecule has 2 fully saturated rings. The van der Waals surface area contributed by atoms with E-state index in [1.165, 1.54) is 12.8 Å². The Morgan fingerprint density at radius 2 is 1.83 bits per heavy atom. The number of amides is 2. The van der Waals surface area contributed by atoms with E-state index < -0.39 is 0 Å². The first-order valence-corrected chi connectivity index (χ1v) is 8.46. The first kappa shape index (κ1) is 17.6. The quantitative estimate of drug-likeness (QED) is 0.553. The van der Waals surface area contributed by atoms with Gasteiger partial charge in [0, 0.05) is 46.7 Å². The zero-order valence-electron chi connectivity index (χ0n) is 14.5. The zero-order chi connectivity index (χ0) is 16.8. The molecular weight excluding hydrogens is 294 g/mol. The Kier molecular flexibility index (Phi) is 6.24. The highest BCUT2D eigenvalue weighted by Gasteiger charge is 2.28. The molecule has 7 heteroatoms. The molecular formula is C16H29N5O2. The van der Waals surface area contributed by atoms with E-state index in [4.69, 9.17) is 0 Å². The third-order valence-electron chi connectivity index (χ3n) is 4.44. The van der Waals surface area contributed by atoms with Crippen molar-refractivity contribution in [2.24, 2.45) is 10.9 Å². The maximum atomic E-state index is 11.8. The molecule has 0 unspecified atom stereocenters. The van der Waals surface area contributed by atoms with Gasteiger partial charge in [-0.2, -0.15) is 0 Å². The van der Waals surface area contributed by atoms with Crippen molar-refractivity contribution in [3.8, 4) is 0 Å². The predicted molar refractivity (Wildman–Crippen MR) is 90.1 cm³/mol. The first-order chi connectivity index (χ1) is 11.0. The molecule has 0 atom stereocenters. The fraction of sp³-hybridized carbons (Fsp3) is 0.812. The number of carbonyl (C=O) groups excluding carboxylic acids is 2. The predicted octanol–water partition coefficient (Wildman–Crippen LogP) is 0.0307. The Bertz CT molecular complexity index is 451. The number of piperidine rings is 1. The third kappa shape index (κ3) is 5.73. The van der Waals surface area contributed by atoms with Gasteiger partial charge in [0.1, 0.15) is 6.54 Å². The zero-order valence-corrected chi connectivity index (χ0v) is 14.5. The van der Waals surface area contributed by atoms with E-state index in [0.29, 0.717) is 18.4 Å². The standard InChI is InChI=1S/C16H29N5O2/c1-17-14(22)10-12-6-8-21(9-7-12)16(19-13-4-5-13)18-11-15(23)20(2)3/h12-13H,4-11H2,1-3H3,(H,17,22)(H,18,19). The molecule has 130 valence electrons. The minimum atomic E-state index is 0.00889. The van der Waals surface area contributed by atoms with Crippen LogP contribution in [0, 0.1) is 5.92 Å². The summed E-state index contributed by atoms with van der Waals surface area (Å²) in [6.07, 6.45) is 4.92. The fourth-order valence-electron chi connectivity index (χ4n) is 2.64. The Balaban J connectivity index is 1.88. The van der Waals surface area contributed by atoms with E-state index in [1.807, 2.05) is 0 Å². The summed E-state index contributed by atoms with van der Waals surface area (Å²) in [5.41, 5.74) is 0. The van der Waals surface area contributed by atoms with Crippen LogP contribution >= 0.6 is 0 Å². The van der Waals surface area contributed by atoms with E-state index in [2.05, 4.69) is 20.5 Å². The molecule has 0 bridgehead atoms. The number of hydrogen-bond donors (Lipinski definition) is 2. The molecule has 1 aliphatic carbocycles. The van der Waals surface area contributed by atoms with Gasteiger partial charge < -0.3 is 20.4 Å². The van der Waals surface area contributed by atoms with E-state index >= 15 is 0 Å². The van der Waals surface area contributed by atoms with E-state index in [-0.39, 0.29) is 18.4 Å². The molecule has 1 aliphatic heterocycles. The third-order valence-corrected chi connectivity index (χ3v) is 4.44. The number of carbonyl (C=O) groups is 2. The number of likely N-dealkylation sites (tertiary alicyclic amines) is 1. The first-order valence-electron chi connectivity index (χ1n) is 8.46. The summed E-state index contributed by atoms with van der Waals surface area (Å²) in [5, 5.41) is 6.14. The van der Waals surface area contributed by atoms with Gasteiger partial charge in [0.05, 0.1) is 0 Å². The Morgan fingerprint density at radius 1 is 1.17 bits per heavy atom. The molecule has 0 aromatic carbocycles. The summed E-state index contributed by atoms with van der Waals surface area (Å²) >= 11 is 0. The van der Waals surface area contributed by atoms with Crippen molar-refractivity contribution in [2.75, 3.05) is 40.8 Å². The summed E-state index contributed by atoms with van der Waals surface area (Å²) in [6.45, 7) is 1.95. The van der Waals surface area contributed by atoms with Crippen LogP contribution in [0.15, 0.2) is 4.99 Å². The van der Waals surface area contributed by atoms with Gasteiger partial charge in [-0.15, -0.1) is 0 Å². The minimum Gasteiger partial charge on any atom is -0.359 e. The Labute approximate surface area is 138 Å². The highest BCUT2D eigenvalue weighted by molar-refractivity contribution is 5.85. The second kappa shape index (κ2) is 8.17. The van der Waals surface area contributed by atoms with Gasteiger partial charge in [-0.3, -0.25) is 9.59 Å². The summed E-state index contributed by atoms with van der Waals surface area (Å²) in [4.78, 5) is 31.6. The topological polar surface area (TPSA) is 77.0 Å². The molecule has 2 N–H and O–H groups in total. The molecule has 0 spiro atoms. The summed E-state index contributed by atoms with van der Waals surface area (Å²) in [7, 11) is 5.18. The SMILES string of the molecule is CNC(=O)CC1CCN(C(=NCC(=O)N(C)C)NC2CC2)CC1. The van der Waals surface area contributed by atoms with Crippen LogP contribution < -0.4 is 10.6 Å². The summed E-state index contributed by atoms with van der Waals surface area (Å²) in [5.74, 6) is 1.41. The highest BCUT2D eigenvalue weighted by atomic mass is 16.2. The maximum absolute atomic E-state index is 11.8. The molecule has 23 heavy (non-hydrogen) atoms. The Morgan fingerprint density at radius 3 is 2.35 bits per heavy atom. The van der Waals surface area contributed by atoms with Crippen LogP contribution in [0.5, 0.6) is 0 Å². The normalized spacial score (nSPS) is 19.4. The lowest BCUT2D eigenvalue weighted by molar-refractivity contribution is -0.127. The van der Waals surface area contributed by atoms with Crippen LogP contribution in [0.2, 0.25) is 0 Å². The largest absolute Gasteiger partial charge is 0.359 e. The van der Waals surface area contributed by atoms with Crippen LogP contribution in [0.25, 0.3) is 0 Å². The molecule has 0 radical (unpaired) electrons. The molecule has 0 aromatic heterocycles. The average Bonchev–Trinajstić information content (AvgIpc) is 3.35. The van der Waals surface area contributed by atoms with Crippen molar-refractivity contribution in [3.05, 3.63) is 0 Å². The number of nitrogens with zero attached hydrogens (tertiary/aromatic N) is 3. The minimum absolute atomic E-state index is 0.00889. The van der Waals surface area contributed by atoms with Crippen LogP contribution in [0.4, 0.5) is 0 Å². The number of guanidine groups is 1. The van der Waals surface area contributed by atoms with Gasteiger partial charge >= 0.3 is 0 Å². The lowest BCUT2D eigenvalue weighted by Crippen LogP contribution is -2.47. The second-order valence-electron chi connectivity index (χ2n) is 6.65. The molecule has 1 saturated carbocycles. The lowest BCUT2D eigenvalue weighted by atomic mass is 9.93. The van der Waals surface area contributed by atoms with E-state index in [9.17, 15) is 9.59 Å². The van der Waals surface area contributed by atoms with Crippen LogP contribution in [-0.2, 0) is 9.59 Å². The molecule has 2 amide bonds. The van der Waals surface area contributed by atoms with Crippen molar-refractivity contribution in [3.63, 3.8) is 0 Å². The van der Waals surface area contributed by atoms with Crippen molar-refractivity contribution in [2.45, 2.75) is 38.1 Å². The van der Waals surface area contributed by atoms with Gasteiger partial charge in [-0.25, -0.2) is 4.99 Å². The molecule has 0 aromatic rings. The average molecular weight is 323 g/mol. The van der Waals surface area contributed by atoms with Crippen LogP contribution in [0.1, 0.15) is 32.1 Å². The number of hydrogen-bond acceptors (Lipinski definition) is 3.